The van der Waals surface area contributed by atoms with Gasteiger partial charge in [0.25, 0.3) is 0 Å². The number of rotatable bonds is 2. The van der Waals surface area contributed by atoms with Crippen LogP contribution < -0.4 is 11.1 Å². The van der Waals surface area contributed by atoms with Crippen LogP contribution in [0.2, 0.25) is 0 Å². The zero-order valence-electron chi connectivity index (χ0n) is 6.96. The molecule has 0 amide bonds. The zero-order valence-corrected chi connectivity index (χ0v) is 6.96. The fourth-order valence-electron chi connectivity index (χ4n) is 1.25. The molecule has 1 aliphatic rings. The van der Waals surface area contributed by atoms with Gasteiger partial charge in [-0.3, -0.25) is 0 Å². The molecule has 0 aromatic carbocycles. The Morgan fingerprint density at radius 1 is 1.42 bits per heavy atom. The van der Waals surface area contributed by atoms with E-state index in [4.69, 9.17) is 5.73 Å². The topological polar surface area (TPSA) is 50.9 Å². The molecule has 1 aromatic rings. The highest BCUT2D eigenvalue weighted by Crippen LogP contribution is 2.22. The van der Waals surface area contributed by atoms with Crippen LogP contribution in [0.25, 0.3) is 0 Å². The molecule has 0 unspecified atom stereocenters. The first-order valence-corrected chi connectivity index (χ1v) is 4.33. The van der Waals surface area contributed by atoms with Gasteiger partial charge in [0.05, 0.1) is 11.9 Å². The second kappa shape index (κ2) is 3.01. The SMILES string of the molecule is Nc1ccc(NC2CCC2)nc1. The Balaban J connectivity index is 1.98. The molecule has 2 rings (SSSR count). The molecule has 3 N–H and O–H groups in total. The second-order valence-electron chi connectivity index (χ2n) is 3.25. The van der Waals surface area contributed by atoms with E-state index in [0.717, 1.165) is 5.82 Å². The van der Waals surface area contributed by atoms with Gasteiger partial charge in [-0.1, -0.05) is 0 Å². The largest absolute Gasteiger partial charge is 0.397 e. The third kappa shape index (κ3) is 1.49. The number of hydrogen-bond donors (Lipinski definition) is 2. The summed E-state index contributed by atoms with van der Waals surface area (Å²) in [5.41, 5.74) is 6.23. The van der Waals surface area contributed by atoms with Crippen molar-refractivity contribution in [2.75, 3.05) is 11.1 Å². The average molecular weight is 163 g/mol. The van der Waals surface area contributed by atoms with Gasteiger partial charge in [-0.2, -0.15) is 0 Å². The van der Waals surface area contributed by atoms with Crippen molar-refractivity contribution >= 4 is 11.5 Å². The summed E-state index contributed by atoms with van der Waals surface area (Å²) in [4.78, 5) is 4.16. The number of hydrogen-bond acceptors (Lipinski definition) is 3. The second-order valence-corrected chi connectivity index (χ2v) is 3.25. The molecule has 1 heterocycles. The molecular weight excluding hydrogens is 150 g/mol. The van der Waals surface area contributed by atoms with Crippen LogP contribution in [0.15, 0.2) is 18.3 Å². The molecule has 1 aromatic heterocycles. The maximum absolute atomic E-state index is 5.51. The molecule has 3 nitrogen and oxygen atoms in total. The molecule has 1 fully saturated rings. The van der Waals surface area contributed by atoms with Gasteiger partial charge in [0.2, 0.25) is 0 Å². The highest BCUT2D eigenvalue weighted by molar-refractivity contribution is 5.44. The lowest BCUT2D eigenvalue weighted by molar-refractivity contribution is 0.444. The van der Waals surface area contributed by atoms with E-state index < -0.39 is 0 Å². The summed E-state index contributed by atoms with van der Waals surface area (Å²) in [7, 11) is 0. The Hall–Kier alpha value is -1.25. The van der Waals surface area contributed by atoms with Crippen LogP contribution in [0.1, 0.15) is 19.3 Å². The van der Waals surface area contributed by atoms with Crippen molar-refractivity contribution in [2.24, 2.45) is 0 Å². The third-order valence-electron chi connectivity index (χ3n) is 2.24. The van der Waals surface area contributed by atoms with Crippen LogP contribution in [-0.4, -0.2) is 11.0 Å². The molecule has 0 saturated heterocycles. The Labute approximate surface area is 72.0 Å². The van der Waals surface area contributed by atoms with Crippen molar-refractivity contribution in [1.82, 2.24) is 4.98 Å². The minimum absolute atomic E-state index is 0.640. The van der Waals surface area contributed by atoms with Crippen molar-refractivity contribution < 1.29 is 0 Å². The van der Waals surface area contributed by atoms with Crippen LogP contribution >= 0.6 is 0 Å². The van der Waals surface area contributed by atoms with Gasteiger partial charge >= 0.3 is 0 Å². The summed E-state index contributed by atoms with van der Waals surface area (Å²) < 4.78 is 0. The Kier molecular flexibility index (Phi) is 1.86. The number of nitrogens with zero attached hydrogens (tertiary/aromatic N) is 1. The fourth-order valence-corrected chi connectivity index (χ4v) is 1.25. The molecule has 0 atom stereocenters. The summed E-state index contributed by atoms with van der Waals surface area (Å²) in [5, 5.41) is 3.34. The summed E-state index contributed by atoms with van der Waals surface area (Å²) >= 11 is 0. The Morgan fingerprint density at radius 2 is 2.25 bits per heavy atom. The quantitative estimate of drug-likeness (QED) is 0.696. The van der Waals surface area contributed by atoms with Gasteiger partial charge in [0, 0.05) is 6.04 Å². The van der Waals surface area contributed by atoms with E-state index in [1.807, 2.05) is 12.1 Å². The minimum Gasteiger partial charge on any atom is -0.397 e. The fraction of sp³-hybridized carbons (Fsp3) is 0.444. The number of nitrogens with two attached hydrogens (primary N) is 1. The third-order valence-corrected chi connectivity index (χ3v) is 2.24. The number of anilines is 2. The predicted octanol–water partition coefficient (Wildman–Crippen LogP) is 1.63. The van der Waals surface area contributed by atoms with Crippen molar-refractivity contribution in [1.29, 1.82) is 0 Å². The average Bonchev–Trinajstić information content (AvgIpc) is 2.00. The van der Waals surface area contributed by atoms with Gasteiger partial charge in [-0.25, -0.2) is 4.98 Å². The van der Waals surface area contributed by atoms with E-state index in [-0.39, 0.29) is 0 Å². The molecule has 1 aliphatic carbocycles. The maximum Gasteiger partial charge on any atom is 0.126 e. The lowest BCUT2D eigenvalue weighted by Gasteiger charge is -2.26. The van der Waals surface area contributed by atoms with E-state index in [0.29, 0.717) is 11.7 Å². The van der Waals surface area contributed by atoms with Crippen molar-refractivity contribution in [3.63, 3.8) is 0 Å². The highest BCUT2D eigenvalue weighted by atomic mass is 15.0. The first-order valence-electron chi connectivity index (χ1n) is 4.33. The first kappa shape index (κ1) is 7.40. The van der Waals surface area contributed by atoms with E-state index in [1.54, 1.807) is 6.20 Å². The Bertz CT molecular complexity index is 251. The van der Waals surface area contributed by atoms with Gasteiger partial charge < -0.3 is 11.1 Å². The lowest BCUT2D eigenvalue weighted by Crippen LogP contribution is -2.27. The van der Waals surface area contributed by atoms with E-state index in [9.17, 15) is 0 Å². The lowest BCUT2D eigenvalue weighted by atomic mass is 9.93. The number of nitrogens with one attached hydrogen (secondary N) is 1. The number of pyridine rings is 1. The standard InChI is InChI=1S/C9H13N3/c10-7-4-5-9(11-6-7)12-8-2-1-3-8/h4-6,8H,1-3,10H2,(H,11,12). The van der Waals surface area contributed by atoms with E-state index in [1.165, 1.54) is 19.3 Å². The van der Waals surface area contributed by atoms with Crippen LogP contribution in [-0.2, 0) is 0 Å². The zero-order chi connectivity index (χ0) is 8.39. The van der Waals surface area contributed by atoms with Crippen LogP contribution in [0.3, 0.4) is 0 Å². The van der Waals surface area contributed by atoms with E-state index in [2.05, 4.69) is 10.3 Å². The van der Waals surface area contributed by atoms with E-state index >= 15 is 0 Å². The Morgan fingerprint density at radius 3 is 2.75 bits per heavy atom. The molecule has 64 valence electrons. The summed E-state index contributed by atoms with van der Waals surface area (Å²) in [6.45, 7) is 0. The van der Waals surface area contributed by atoms with Crippen molar-refractivity contribution in [3.05, 3.63) is 18.3 Å². The number of nitrogen functional groups attached to an aromatic ring is 1. The molecule has 0 spiro atoms. The first-order chi connectivity index (χ1) is 5.84. The maximum atomic E-state index is 5.51. The smallest absolute Gasteiger partial charge is 0.126 e. The molecule has 0 bridgehead atoms. The normalized spacial score (nSPS) is 17.0. The van der Waals surface area contributed by atoms with Gasteiger partial charge in [-0.05, 0) is 31.4 Å². The highest BCUT2D eigenvalue weighted by Gasteiger charge is 2.16. The van der Waals surface area contributed by atoms with Crippen LogP contribution in [0, 0.1) is 0 Å². The van der Waals surface area contributed by atoms with Crippen molar-refractivity contribution in [2.45, 2.75) is 25.3 Å². The number of aromatic nitrogens is 1. The van der Waals surface area contributed by atoms with Crippen molar-refractivity contribution in [3.8, 4) is 0 Å². The molecule has 1 saturated carbocycles. The van der Waals surface area contributed by atoms with Gasteiger partial charge in [0.15, 0.2) is 0 Å². The van der Waals surface area contributed by atoms with Crippen LogP contribution in [0.4, 0.5) is 11.5 Å². The summed E-state index contributed by atoms with van der Waals surface area (Å²) in [6, 6.07) is 4.43. The van der Waals surface area contributed by atoms with Gasteiger partial charge in [-0.15, -0.1) is 0 Å². The van der Waals surface area contributed by atoms with Crippen LogP contribution in [0.5, 0.6) is 0 Å². The van der Waals surface area contributed by atoms with Gasteiger partial charge in [0.1, 0.15) is 5.82 Å². The summed E-state index contributed by atoms with van der Waals surface area (Å²) in [6.07, 6.45) is 5.56. The molecular formula is C9H13N3. The predicted molar refractivity (Wildman–Crippen MR) is 49.9 cm³/mol. The molecule has 3 heteroatoms. The summed E-state index contributed by atoms with van der Waals surface area (Å²) in [5.74, 6) is 0.939. The monoisotopic (exact) mass is 163 g/mol. The molecule has 0 aliphatic heterocycles. The molecule has 0 radical (unpaired) electrons. The minimum atomic E-state index is 0.640. The molecule has 12 heavy (non-hydrogen) atoms.